The predicted octanol–water partition coefficient (Wildman–Crippen LogP) is 0.891. The quantitative estimate of drug-likeness (QED) is 0.252. The number of halogens is 3. The molecule has 0 unspecified atom stereocenters. The van der Waals surface area contributed by atoms with E-state index in [9.17, 15) is 37.5 Å². The van der Waals surface area contributed by atoms with Crippen molar-refractivity contribution < 1.29 is 37.5 Å². The third-order valence-electron chi connectivity index (χ3n) is 6.48. The number of alkyl halides is 3. The van der Waals surface area contributed by atoms with Crippen molar-refractivity contribution in [3.8, 4) is 0 Å². The van der Waals surface area contributed by atoms with Crippen molar-refractivity contribution in [2.45, 2.75) is 42.0 Å². The van der Waals surface area contributed by atoms with Gasteiger partial charge in [-0.3, -0.25) is 19.3 Å². The first-order valence-corrected chi connectivity index (χ1v) is 13.3. The van der Waals surface area contributed by atoms with Gasteiger partial charge in [-0.15, -0.1) is 22.0 Å². The number of nitrogens with zero attached hydrogens (tertiary/aromatic N) is 4. The average Bonchev–Trinajstić information content (AvgIpc) is 3.47. The third-order valence-corrected chi connectivity index (χ3v) is 8.78. The summed E-state index contributed by atoms with van der Waals surface area (Å²) in [5.41, 5.74) is 1.60. The molecule has 3 aliphatic heterocycles. The number of hydrogen-bond donors (Lipinski definition) is 3. The standard InChI is InChI=1S/C21H21F3N6O5S2/c1-29-19(21(22,23)24)27-28-20(29)37-7-11(31)26-13-16(33)30-14(18(34)35)10(6-36-17(13)30)12(8-2-3-8)9-4-5-25-15(9)32/h8,13,17H,2-7H2,1H3,(H,25,32)(H,26,31)(H,34,35)/t13-,17-/m1/s1. The third kappa shape index (κ3) is 4.60. The van der Waals surface area contributed by atoms with Crippen LogP contribution in [0.1, 0.15) is 25.1 Å². The van der Waals surface area contributed by atoms with Crippen LogP contribution < -0.4 is 10.6 Å². The number of aliphatic carboxylic acids is 1. The van der Waals surface area contributed by atoms with Gasteiger partial charge in [0.2, 0.25) is 17.6 Å². The van der Waals surface area contributed by atoms with Crippen molar-refractivity contribution in [3.63, 3.8) is 0 Å². The normalized spacial score (nSPS) is 25.0. The largest absolute Gasteiger partial charge is 0.477 e. The topological polar surface area (TPSA) is 147 Å². The number of β-lactam (4-membered cyclic amide) rings is 1. The lowest BCUT2D eigenvalue weighted by Crippen LogP contribution is -2.70. The molecule has 2 atom stereocenters. The zero-order chi connectivity index (χ0) is 26.6. The molecule has 37 heavy (non-hydrogen) atoms. The fourth-order valence-corrected chi connectivity index (χ4v) is 6.77. The van der Waals surface area contributed by atoms with E-state index in [0.29, 0.717) is 24.1 Å². The molecule has 1 saturated carbocycles. The van der Waals surface area contributed by atoms with Crippen molar-refractivity contribution in [2.24, 2.45) is 13.0 Å². The summed E-state index contributed by atoms with van der Waals surface area (Å²) in [6, 6.07) is -0.981. The van der Waals surface area contributed by atoms with E-state index >= 15 is 0 Å². The molecular formula is C21H21F3N6O5S2. The van der Waals surface area contributed by atoms with Gasteiger partial charge < -0.3 is 20.3 Å². The van der Waals surface area contributed by atoms with E-state index in [1.807, 2.05) is 0 Å². The number of nitrogens with one attached hydrogen (secondary N) is 2. The van der Waals surface area contributed by atoms with Gasteiger partial charge in [0.1, 0.15) is 17.1 Å². The number of carboxylic acids is 1. The molecule has 1 aromatic rings. The molecule has 4 heterocycles. The molecule has 0 aromatic carbocycles. The van der Waals surface area contributed by atoms with Crippen molar-refractivity contribution in [3.05, 3.63) is 28.2 Å². The molecule has 3 amide bonds. The Hall–Kier alpha value is -3.01. The van der Waals surface area contributed by atoms with E-state index in [-0.39, 0.29) is 34.2 Å². The molecule has 2 saturated heterocycles. The number of carbonyl (C=O) groups is 4. The van der Waals surface area contributed by atoms with Crippen molar-refractivity contribution >= 4 is 47.2 Å². The van der Waals surface area contributed by atoms with Crippen LogP contribution in [0.2, 0.25) is 0 Å². The number of rotatable bonds is 7. The van der Waals surface area contributed by atoms with Crippen molar-refractivity contribution in [1.82, 2.24) is 30.3 Å². The monoisotopic (exact) mass is 558 g/mol. The molecule has 11 nitrogen and oxygen atoms in total. The molecule has 1 aromatic heterocycles. The molecule has 3 N–H and O–H groups in total. The van der Waals surface area contributed by atoms with Gasteiger partial charge in [-0.2, -0.15) is 13.2 Å². The van der Waals surface area contributed by atoms with E-state index in [2.05, 4.69) is 20.8 Å². The summed E-state index contributed by atoms with van der Waals surface area (Å²) in [4.78, 5) is 51.2. The summed E-state index contributed by atoms with van der Waals surface area (Å²) >= 11 is 2.03. The van der Waals surface area contributed by atoms with E-state index in [0.717, 1.165) is 46.7 Å². The lowest BCUT2D eigenvalue weighted by Gasteiger charge is -2.49. The first-order chi connectivity index (χ1) is 17.5. The van der Waals surface area contributed by atoms with Crippen LogP contribution in [0.25, 0.3) is 0 Å². The highest BCUT2D eigenvalue weighted by atomic mass is 32.2. The Morgan fingerprint density at radius 3 is 2.57 bits per heavy atom. The minimum absolute atomic E-state index is 0.0859. The molecule has 0 bridgehead atoms. The van der Waals surface area contributed by atoms with Gasteiger partial charge in [0, 0.05) is 24.9 Å². The summed E-state index contributed by atoms with van der Waals surface area (Å²) in [6.45, 7) is 0.483. The summed E-state index contributed by atoms with van der Waals surface area (Å²) in [7, 11) is 1.13. The van der Waals surface area contributed by atoms with Crippen LogP contribution in [0.3, 0.4) is 0 Å². The second kappa shape index (κ2) is 9.38. The maximum Gasteiger partial charge on any atom is 0.451 e. The Morgan fingerprint density at radius 1 is 1.27 bits per heavy atom. The molecule has 198 valence electrons. The maximum absolute atomic E-state index is 13.0. The molecule has 3 fully saturated rings. The van der Waals surface area contributed by atoms with E-state index in [1.165, 1.54) is 11.8 Å². The molecule has 1 aliphatic carbocycles. The Balaban J connectivity index is 1.30. The number of thioether (sulfide) groups is 2. The number of carbonyl (C=O) groups excluding carboxylic acids is 3. The fourth-order valence-electron chi connectivity index (χ4n) is 4.68. The van der Waals surface area contributed by atoms with E-state index in [1.54, 1.807) is 0 Å². The minimum Gasteiger partial charge on any atom is -0.477 e. The number of carboxylic acid groups (broad SMARTS) is 1. The summed E-state index contributed by atoms with van der Waals surface area (Å²) < 4.78 is 39.4. The van der Waals surface area contributed by atoms with Crippen LogP contribution in [-0.2, 0) is 32.4 Å². The van der Waals surface area contributed by atoms with Crippen LogP contribution >= 0.6 is 23.5 Å². The second-order valence-corrected chi connectivity index (χ2v) is 11.0. The van der Waals surface area contributed by atoms with Crippen LogP contribution in [0, 0.1) is 5.92 Å². The SMILES string of the molecule is Cn1c(SCC(=O)N[C@@H]2C(=O)N3C(C(=O)O)=C(C(=C4CCNC4=O)C4CC4)CS[C@H]23)nnc1C(F)(F)F. The first-order valence-electron chi connectivity index (χ1n) is 11.3. The smallest absolute Gasteiger partial charge is 0.451 e. The summed E-state index contributed by atoms with van der Waals surface area (Å²) in [5.74, 6) is -3.87. The number of fused-ring (bicyclic) bond motifs is 1. The number of allylic oxidation sites excluding steroid dienone is 1. The maximum atomic E-state index is 13.0. The number of aromatic nitrogens is 3. The van der Waals surface area contributed by atoms with Crippen molar-refractivity contribution in [2.75, 3.05) is 18.1 Å². The van der Waals surface area contributed by atoms with Gasteiger partial charge in [0.05, 0.1) is 5.75 Å². The van der Waals surface area contributed by atoms with Gasteiger partial charge >= 0.3 is 12.1 Å². The Bertz CT molecular complexity index is 1270. The molecule has 16 heteroatoms. The Morgan fingerprint density at radius 2 is 2.00 bits per heavy atom. The highest BCUT2D eigenvalue weighted by molar-refractivity contribution is 8.00. The van der Waals surface area contributed by atoms with Gasteiger partial charge in [-0.05, 0) is 36.3 Å². The van der Waals surface area contributed by atoms with Crippen molar-refractivity contribution in [1.29, 1.82) is 0 Å². The zero-order valence-corrected chi connectivity index (χ0v) is 20.9. The molecule has 0 radical (unpaired) electrons. The number of amides is 3. The highest BCUT2D eigenvalue weighted by Crippen LogP contribution is 2.49. The lowest BCUT2D eigenvalue weighted by atomic mass is 9.91. The van der Waals surface area contributed by atoms with Crippen LogP contribution in [0.4, 0.5) is 13.2 Å². The lowest BCUT2D eigenvalue weighted by molar-refractivity contribution is -0.150. The number of hydrogen-bond acceptors (Lipinski definition) is 8. The first kappa shape index (κ1) is 25.6. The van der Waals surface area contributed by atoms with E-state index in [4.69, 9.17) is 0 Å². The van der Waals surface area contributed by atoms with Crippen LogP contribution in [0.5, 0.6) is 0 Å². The molecule has 5 rings (SSSR count). The fraction of sp³-hybridized carbons (Fsp3) is 0.524. The summed E-state index contributed by atoms with van der Waals surface area (Å²) in [6.07, 6.45) is -2.50. The van der Waals surface area contributed by atoms with Gasteiger partial charge in [0.15, 0.2) is 5.16 Å². The van der Waals surface area contributed by atoms with Gasteiger partial charge in [-0.25, -0.2) is 4.79 Å². The van der Waals surface area contributed by atoms with Gasteiger partial charge in [0.25, 0.3) is 5.91 Å². The molecule has 4 aliphatic rings. The average molecular weight is 559 g/mol. The summed E-state index contributed by atoms with van der Waals surface area (Å²) in [5, 5.41) is 21.1. The van der Waals surface area contributed by atoms with Gasteiger partial charge in [-0.1, -0.05) is 11.8 Å². The minimum atomic E-state index is -4.69. The Kier molecular flexibility index (Phi) is 6.50. The predicted molar refractivity (Wildman–Crippen MR) is 124 cm³/mol. The highest BCUT2D eigenvalue weighted by Gasteiger charge is 2.55. The molecule has 0 spiro atoms. The van der Waals surface area contributed by atoms with Crippen LogP contribution in [-0.4, -0.2) is 77.9 Å². The molecular weight excluding hydrogens is 537 g/mol. The zero-order valence-electron chi connectivity index (χ0n) is 19.3. The van der Waals surface area contributed by atoms with E-state index < -0.39 is 41.2 Å². The van der Waals surface area contributed by atoms with Crippen LogP contribution in [0.15, 0.2) is 27.6 Å². The Labute approximate surface area is 216 Å². The second-order valence-electron chi connectivity index (χ2n) is 8.91.